The van der Waals surface area contributed by atoms with Crippen LogP contribution in [0.2, 0.25) is 10.0 Å². The molecule has 0 atom stereocenters. The molecule has 1 aromatic heterocycles. The van der Waals surface area contributed by atoms with E-state index in [0.717, 1.165) is 15.6 Å². The van der Waals surface area contributed by atoms with Crippen LogP contribution in [0.1, 0.15) is 21.6 Å². The molecule has 3 aromatic rings. The number of carbonyl (C=O) groups is 1. The summed E-state index contributed by atoms with van der Waals surface area (Å²) in [5.74, 6) is 1.08. The Morgan fingerprint density at radius 1 is 1.21 bits per heavy atom. The van der Waals surface area contributed by atoms with Gasteiger partial charge in [-0.2, -0.15) is 5.10 Å². The first-order chi connectivity index (χ1) is 13.9. The highest BCUT2D eigenvalue weighted by atomic mass is 79.9. The maximum absolute atomic E-state index is 12.3. The van der Waals surface area contributed by atoms with Crippen LogP contribution in [0.5, 0.6) is 11.5 Å². The van der Waals surface area contributed by atoms with E-state index >= 15 is 0 Å². The molecule has 0 saturated heterocycles. The predicted octanol–water partition coefficient (Wildman–Crippen LogP) is 5.97. The van der Waals surface area contributed by atoms with Gasteiger partial charge in [-0.15, -0.1) is 0 Å². The van der Waals surface area contributed by atoms with E-state index in [4.69, 9.17) is 32.7 Å². The van der Waals surface area contributed by atoms with E-state index in [1.54, 1.807) is 44.6 Å². The van der Waals surface area contributed by atoms with E-state index in [0.29, 0.717) is 21.5 Å². The van der Waals surface area contributed by atoms with Crippen molar-refractivity contribution in [3.63, 3.8) is 0 Å². The van der Waals surface area contributed by atoms with Crippen LogP contribution in [0.25, 0.3) is 6.08 Å². The molecule has 0 aliphatic rings. The minimum absolute atomic E-state index is 0.218. The summed E-state index contributed by atoms with van der Waals surface area (Å²) in [5.41, 5.74) is 1.87. The van der Waals surface area contributed by atoms with E-state index in [2.05, 4.69) is 21.0 Å². The second kappa shape index (κ2) is 9.48. The molecular weight excluding hydrogens is 479 g/mol. The highest BCUT2D eigenvalue weighted by Gasteiger charge is 2.12. The summed E-state index contributed by atoms with van der Waals surface area (Å²) in [6.07, 6.45) is 4.73. The van der Waals surface area contributed by atoms with Crippen molar-refractivity contribution in [1.82, 2.24) is 9.78 Å². The standard InChI is InChI=1S/C21H17BrCl2N2O3/c1-26-11-17(24)21(25-26)18(27)6-3-13-4-7-19(28-2)14(9-13)12-29-20-8-5-15(23)10-16(20)22/h3-11H,12H2,1-2H3/b6-3+. The summed E-state index contributed by atoms with van der Waals surface area (Å²) in [6, 6.07) is 10.9. The molecule has 150 valence electrons. The largest absolute Gasteiger partial charge is 0.496 e. The summed E-state index contributed by atoms with van der Waals surface area (Å²) in [4.78, 5) is 12.3. The van der Waals surface area contributed by atoms with Crippen molar-refractivity contribution in [1.29, 1.82) is 0 Å². The zero-order chi connectivity index (χ0) is 21.0. The topological polar surface area (TPSA) is 53.3 Å². The molecule has 1 heterocycles. The normalized spacial score (nSPS) is 11.1. The maximum atomic E-state index is 12.3. The van der Waals surface area contributed by atoms with Crippen LogP contribution in [0, 0.1) is 0 Å². The minimum Gasteiger partial charge on any atom is -0.496 e. The number of hydrogen-bond acceptors (Lipinski definition) is 4. The second-order valence-corrected chi connectivity index (χ2v) is 7.83. The van der Waals surface area contributed by atoms with E-state index < -0.39 is 0 Å². The van der Waals surface area contributed by atoms with Crippen molar-refractivity contribution in [2.24, 2.45) is 7.05 Å². The number of aromatic nitrogens is 2. The number of aryl methyl sites for hydroxylation is 1. The zero-order valence-corrected chi connectivity index (χ0v) is 18.8. The van der Waals surface area contributed by atoms with Gasteiger partial charge < -0.3 is 9.47 Å². The molecule has 2 aromatic carbocycles. The molecule has 0 fully saturated rings. The van der Waals surface area contributed by atoms with Gasteiger partial charge in [0.2, 0.25) is 5.78 Å². The van der Waals surface area contributed by atoms with Gasteiger partial charge in [-0.3, -0.25) is 9.48 Å². The Bertz CT molecular complexity index is 1080. The minimum atomic E-state index is -0.269. The number of carbonyl (C=O) groups excluding carboxylic acids is 1. The van der Waals surface area contributed by atoms with Crippen molar-refractivity contribution in [3.05, 3.63) is 80.0 Å². The molecule has 3 rings (SSSR count). The second-order valence-electron chi connectivity index (χ2n) is 6.13. The summed E-state index contributed by atoms with van der Waals surface area (Å²) in [5, 5.41) is 5.01. The Kier molecular flexibility index (Phi) is 7.00. The summed E-state index contributed by atoms with van der Waals surface area (Å²) >= 11 is 15.4. The van der Waals surface area contributed by atoms with Crippen LogP contribution in [0.15, 0.2) is 53.1 Å². The van der Waals surface area contributed by atoms with Crippen molar-refractivity contribution < 1.29 is 14.3 Å². The molecule has 0 bridgehead atoms. The Labute approximate surface area is 187 Å². The third kappa shape index (κ3) is 5.41. The molecule has 0 saturated carbocycles. The number of ether oxygens (including phenoxy) is 2. The van der Waals surface area contributed by atoms with Crippen LogP contribution in [-0.2, 0) is 13.7 Å². The van der Waals surface area contributed by atoms with Gasteiger partial charge in [0, 0.05) is 23.8 Å². The molecule has 0 radical (unpaired) electrons. The van der Waals surface area contributed by atoms with Crippen molar-refractivity contribution in [2.45, 2.75) is 6.61 Å². The number of ketones is 1. The highest BCUT2D eigenvalue weighted by Crippen LogP contribution is 2.30. The lowest BCUT2D eigenvalue weighted by Gasteiger charge is -2.12. The van der Waals surface area contributed by atoms with Crippen LogP contribution in [0.4, 0.5) is 0 Å². The summed E-state index contributed by atoms with van der Waals surface area (Å²) in [6.45, 7) is 0.283. The molecule has 5 nitrogen and oxygen atoms in total. The van der Waals surface area contributed by atoms with Crippen molar-refractivity contribution in [3.8, 4) is 11.5 Å². The smallest absolute Gasteiger partial charge is 0.207 e. The average molecular weight is 496 g/mol. The van der Waals surface area contributed by atoms with Crippen LogP contribution in [0.3, 0.4) is 0 Å². The average Bonchev–Trinajstić information content (AvgIpc) is 3.03. The van der Waals surface area contributed by atoms with Gasteiger partial charge in [0.05, 0.1) is 16.6 Å². The van der Waals surface area contributed by atoms with E-state index in [9.17, 15) is 4.79 Å². The number of benzene rings is 2. The maximum Gasteiger partial charge on any atom is 0.207 e. The summed E-state index contributed by atoms with van der Waals surface area (Å²) < 4.78 is 13.6. The fraction of sp³-hybridized carbons (Fsp3) is 0.143. The molecule has 0 amide bonds. The molecule has 8 heteroatoms. The third-order valence-corrected chi connectivity index (χ3v) is 5.16. The third-order valence-electron chi connectivity index (χ3n) is 4.03. The first kappa shape index (κ1) is 21.4. The first-order valence-electron chi connectivity index (χ1n) is 8.53. The van der Waals surface area contributed by atoms with E-state index in [1.165, 1.54) is 10.8 Å². The zero-order valence-electron chi connectivity index (χ0n) is 15.7. The molecule has 0 N–H and O–H groups in total. The fourth-order valence-electron chi connectivity index (χ4n) is 2.64. The van der Waals surface area contributed by atoms with Gasteiger partial charge in [-0.05, 0) is 57.9 Å². The predicted molar refractivity (Wildman–Crippen MR) is 118 cm³/mol. The lowest BCUT2D eigenvalue weighted by molar-refractivity contribution is 0.104. The van der Waals surface area contributed by atoms with Crippen molar-refractivity contribution in [2.75, 3.05) is 7.11 Å². The molecular formula is C21H17BrCl2N2O3. The fourth-order valence-corrected chi connectivity index (χ4v) is 3.71. The molecule has 0 spiro atoms. The number of rotatable bonds is 7. The van der Waals surface area contributed by atoms with Crippen LogP contribution < -0.4 is 9.47 Å². The van der Waals surface area contributed by atoms with E-state index in [1.807, 2.05) is 18.2 Å². The Morgan fingerprint density at radius 2 is 1.97 bits per heavy atom. The molecule has 0 aliphatic heterocycles. The monoisotopic (exact) mass is 494 g/mol. The van der Waals surface area contributed by atoms with Gasteiger partial charge in [0.15, 0.2) is 5.69 Å². The number of allylic oxidation sites excluding steroid dienone is 1. The van der Waals surface area contributed by atoms with Gasteiger partial charge in [-0.25, -0.2) is 0 Å². The van der Waals surface area contributed by atoms with Gasteiger partial charge >= 0.3 is 0 Å². The molecule has 0 aliphatic carbocycles. The van der Waals surface area contributed by atoms with Gasteiger partial charge in [-0.1, -0.05) is 35.3 Å². The molecule has 29 heavy (non-hydrogen) atoms. The Hall–Kier alpha value is -2.28. The first-order valence-corrected chi connectivity index (χ1v) is 10.1. The number of hydrogen-bond donors (Lipinski definition) is 0. The molecule has 0 unspecified atom stereocenters. The number of nitrogens with zero attached hydrogens (tertiary/aromatic N) is 2. The van der Waals surface area contributed by atoms with Gasteiger partial charge in [0.1, 0.15) is 18.1 Å². The SMILES string of the molecule is COc1ccc(/C=C/C(=O)c2nn(C)cc2Cl)cc1COc1ccc(Cl)cc1Br. The lowest BCUT2D eigenvalue weighted by atomic mass is 10.1. The summed E-state index contributed by atoms with van der Waals surface area (Å²) in [7, 11) is 3.31. The quantitative estimate of drug-likeness (QED) is 0.299. The van der Waals surface area contributed by atoms with Gasteiger partial charge in [0.25, 0.3) is 0 Å². The Balaban J connectivity index is 1.77. The Morgan fingerprint density at radius 3 is 2.62 bits per heavy atom. The van der Waals surface area contributed by atoms with Crippen molar-refractivity contribution >= 4 is 51.0 Å². The lowest BCUT2D eigenvalue weighted by Crippen LogP contribution is -2.00. The number of methoxy groups -OCH3 is 1. The number of halogens is 3. The van der Waals surface area contributed by atoms with Crippen LogP contribution >= 0.6 is 39.1 Å². The van der Waals surface area contributed by atoms with Crippen LogP contribution in [-0.4, -0.2) is 22.7 Å². The highest BCUT2D eigenvalue weighted by molar-refractivity contribution is 9.10. The van der Waals surface area contributed by atoms with E-state index in [-0.39, 0.29) is 18.1 Å².